The second kappa shape index (κ2) is 7.60. The van der Waals surface area contributed by atoms with E-state index in [-0.39, 0.29) is 40.3 Å². The molecule has 4 rings (SSSR count). The van der Waals surface area contributed by atoms with E-state index in [0.29, 0.717) is 5.92 Å². The van der Waals surface area contributed by atoms with Crippen LogP contribution in [0.3, 0.4) is 0 Å². The molecule has 7 nitrogen and oxygen atoms in total. The Morgan fingerprint density at radius 3 is 2.43 bits per heavy atom. The summed E-state index contributed by atoms with van der Waals surface area (Å²) < 4.78 is 0. The molecule has 8 heteroatoms. The van der Waals surface area contributed by atoms with Crippen molar-refractivity contribution in [3.8, 4) is 5.75 Å². The lowest BCUT2D eigenvalue weighted by Gasteiger charge is -2.22. The highest BCUT2D eigenvalue weighted by Gasteiger charge is 2.35. The van der Waals surface area contributed by atoms with Gasteiger partial charge in [-0.2, -0.15) is 0 Å². The van der Waals surface area contributed by atoms with E-state index in [2.05, 4.69) is 16.7 Å². The highest BCUT2D eigenvalue weighted by Crippen LogP contribution is 2.45. The number of thiophene rings is 1. The third-order valence-electron chi connectivity index (χ3n) is 5.30. The van der Waals surface area contributed by atoms with Crippen molar-refractivity contribution >= 4 is 34.3 Å². The SMILES string of the molecule is Cc1ccc([C@H](Nc2c(Nc3cccc(C(=O)N(C)C)c3O)c(=O)c2=O)C2CC2)s1. The molecule has 1 aliphatic rings. The zero-order valence-electron chi connectivity index (χ0n) is 17.0. The number of hydrogen-bond acceptors (Lipinski definition) is 7. The summed E-state index contributed by atoms with van der Waals surface area (Å²) in [5, 5.41) is 16.7. The zero-order chi connectivity index (χ0) is 21.6. The highest BCUT2D eigenvalue weighted by atomic mass is 32.1. The molecular formula is C22H23N3O4S. The number of carbonyl (C=O) groups excluding carboxylic acids is 1. The Labute approximate surface area is 177 Å². The Kier molecular flexibility index (Phi) is 5.11. The number of hydrogen-bond donors (Lipinski definition) is 3. The molecule has 0 saturated heterocycles. The molecule has 2 aromatic carbocycles. The molecule has 1 aliphatic carbocycles. The predicted octanol–water partition coefficient (Wildman–Crippen LogP) is 3.37. The summed E-state index contributed by atoms with van der Waals surface area (Å²) in [5.74, 6) is -0.195. The minimum Gasteiger partial charge on any atom is -0.505 e. The van der Waals surface area contributed by atoms with Gasteiger partial charge in [0.1, 0.15) is 11.4 Å². The monoisotopic (exact) mass is 425 g/mol. The van der Waals surface area contributed by atoms with Crippen LogP contribution in [0, 0.1) is 12.8 Å². The molecule has 3 N–H and O–H groups in total. The van der Waals surface area contributed by atoms with E-state index in [1.165, 1.54) is 15.8 Å². The number of para-hydroxylation sites is 1. The highest BCUT2D eigenvalue weighted by molar-refractivity contribution is 7.12. The largest absolute Gasteiger partial charge is 0.505 e. The third kappa shape index (κ3) is 3.59. The second-order valence-electron chi connectivity index (χ2n) is 7.84. The van der Waals surface area contributed by atoms with Crippen LogP contribution < -0.4 is 21.5 Å². The Hall–Kier alpha value is -3.13. The molecular weight excluding hydrogens is 402 g/mol. The smallest absolute Gasteiger partial charge is 0.257 e. The van der Waals surface area contributed by atoms with Crippen molar-refractivity contribution in [1.29, 1.82) is 0 Å². The van der Waals surface area contributed by atoms with Crippen molar-refractivity contribution in [1.82, 2.24) is 4.90 Å². The van der Waals surface area contributed by atoms with E-state index in [4.69, 9.17) is 0 Å². The standard InChI is InChI=1S/C22H23N3O4S/c1-11-7-10-15(30-11)16(12-8-9-12)24-18-17(20(27)21(18)28)23-14-6-4-5-13(19(14)26)22(29)25(2)3/h4-7,10,12,16,23-24,26H,8-9H2,1-3H3/t16-/m1/s1. The van der Waals surface area contributed by atoms with E-state index in [9.17, 15) is 19.5 Å². The minimum absolute atomic E-state index is 0.0252. The van der Waals surface area contributed by atoms with Gasteiger partial charge < -0.3 is 20.6 Å². The Bertz CT molecular complexity index is 1190. The number of nitrogens with zero attached hydrogens (tertiary/aromatic N) is 1. The number of carbonyl (C=O) groups is 1. The summed E-state index contributed by atoms with van der Waals surface area (Å²) in [6, 6.07) is 8.75. The molecule has 3 aromatic rings. The van der Waals surface area contributed by atoms with Gasteiger partial charge in [0.25, 0.3) is 16.8 Å². The normalized spacial score (nSPS) is 14.5. The van der Waals surface area contributed by atoms with Crippen LogP contribution in [0.2, 0.25) is 0 Å². The van der Waals surface area contributed by atoms with E-state index in [0.717, 1.165) is 17.7 Å². The van der Waals surface area contributed by atoms with Gasteiger partial charge in [-0.3, -0.25) is 14.4 Å². The van der Waals surface area contributed by atoms with Crippen molar-refractivity contribution in [3.05, 3.63) is 66.1 Å². The maximum Gasteiger partial charge on any atom is 0.257 e. The van der Waals surface area contributed by atoms with Gasteiger partial charge in [0, 0.05) is 23.8 Å². The number of aromatic hydroxyl groups is 1. The Balaban J connectivity index is 1.63. The predicted molar refractivity (Wildman–Crippen MR) is 119 cm³/mol. The lowest BCUT2D eigenvalue weighted by molar-refractivity contribution is 0.0824. The molecule has 30 heavy (non-hydrogen) atoms. The van der Waals surface area contributed by atoms with E-state index < -0.39 is 10.9 Å². The summed E-state index contributed by atoms with van der Waals surface area (Å²) in [5.41, 5.74) is -0.555. The van der Waals surface area contributed by atoms with Crippen LogP contribution in [0.5, 0.6) is 5.75 Å². The number of aryl methyl sites for hydroxylation is 1. The lowest BCUT2D eigenvalue weighted by atomic mass is 10.1. The average molecular weight is 426 g/mol. The van der Waals surface area contributed by atoms with E-state index >= 15 is 0 Å². The lowest BCUT2D eigenvalue weighted by Crippen LogP contribution is -2.37. The van der Waals surface area contributed by atoms with Crippen LogP contribution >= 0.6 is 11.3 Å². The van der Waals surface area contributed by atoms with Crippen molar-refractivity contribution in [2.75, 3.05) is 24.7 Å². The van der Waals surface area contributed by atoms with Gasteiger partial charge in [0.15, 0.2) is 5.75 Å². The van der Waals surface area contributed by atoms with Gasteiger partial charge >= 0.3 is 0 Å². The van der Waals surface area contributed by atoms with Gasteiger partial charge in [0.05, 0.1) is 17.3 Å². The van der Waals surface area contributed by atoms with Crippen molar-refractivity contribution in [3.63, 3.8) is 0 Å². The van der Waals surface area contributed by atoms with E-state index in [1.807, 2.05) is 13.0 Å². The minimum atomic E-state index is -0.641. The van der Waals surface area contributed by atoms with Crippen molar-refractivity contribution in [2.24, 2.45) is 5.92 Å². The molecule has 0 radical (unpaired) electrons. The second-order valence-corrected chi connectivity index (χ2v) is 9.16. The summed E-state index contributed by atoms with van der Waals surface area (Å²) in [6.45, 7) is 2.03. The fourth-order valence-corrected chi connectivity index (χ4v) is 4.49. The van der Waals surface area contributed by atoms with Crippen LogP contribution in [-0.2, 0) is 0 Å². The summed E-state index contributed by atoms with van der Waals surface area (Å²) in [7, 11) is 3.18. The molecule has 0 bridgehead atoms. The number of phenolic OH excluding ortho intramolecular Hbond substituents is 1. The summed E-state index contributed by atoms with van der Waals surface area (Å²) >= 11 is 1.67. The van der Waals surface area contributed by atoms with Gasteiger partial charge in [0.2, 0.25) is 0 Å². The van der Waals surface area contributed by atoms with Gasteiger partial charge in [-0.15, -0.1) is 11.3 Å². The van der Waals surface area contributed by atoms with Crippen LogP contribution in [-0.4, -0.2) is 30.0 Å². The van der Waals surface area contributed by atoms with Crippen LogP contribution in [0.1, 0.15) is 39.0 Å². The number of benzene rings is 1. The molecule has 1 aromatic heterocycles. The quantitative estimate of drug-likeness (QED) is 0.397. The van der Waals surface area contributed by atoms with Crippen molar-refractivity contribution in [2.45, 2.75) is 25.8 Å². The number of amides is 1. The zero-order valence-corrected chi connectivity index (χ0v) is 17.8. The first kappa shape index (κ1) is 20.2. The molecule has 1 atom stereocenters. The third-order valence-corrected chi connectivity index (χ3v) is 6.39. The number of phenols is 1. The molecule has 1 heterocycles. The fourth-order valence-electron chi connectivity index (χ4n) is 3.47. The first-order chi connectivity index (χ1) is 14.3. The molecule has 0 unspecified atom stereocenters. The van der Waals surface area contributed by atoms with Gasteiger partial charge in [-0.05, 0) is 49.9 Å². The Morgan fingerprint density at radius 1 is 1.13 bits per heavy atom. The van der Waals surface area contributed by atoms with Crippen LogP contribution in [0.15, 0.2) is 39.9 Å². The molecule has 0 aliphatic heterocycles. The number of anilines is 3. The number of nitrogens with one attached hydrogen (secondary N) is 2. The molecule has 1 amide bonds. The molecule has 1 fully saturated rings. The molecule has 1 saturated carbocycles. The first-order valence-electron chi connectivity index (χ1n) is 9.74. The number of rotatable bonds is 7. The topological polar surface area (TPSA) is 98.7 Å². The van der Waals surface area contributed by atoms with Gasteiger partial charge in [-0.1, -0.05) is 6.07 Å². The Morgan fingerprint density at radius 2 is 1.83 bits per heavy atom. The van der Waals surface area contributed by atoms with Crippen LogP contribution in [0.25, 0.3) is 0 Å². The average Bonchev–Trinajstić information content (AvgIpc) is 3.47. The maximum atomic E-state index is 12.3. The summed E-state index contributed by atoms with van der Waals surface area (Å²) in [6.07, 6.45) is 2.14. The fraction of sp³-hybridized carbons (Fsp3) is 0.318. The first-order valence-corrected chi connectivity index (χ1v) is 10.6. The molecule has 156 valence electrons. The molecule has 0 spiro atoms. The van der Waals surface area contributed by atoms with Crippen LogP contribution in [0.4, 0.5) is 17.1 Å². The van der Waals surface area contributed by atoms with Crippen molar-refractivity contribution < 1.29 is 9.90 Å². The summed E-state index contributed by atoms with van der Waals surface area (Å²) in [4.78, 5) is 40.5. The van der Waals surface area contributed by atoms with Gasteiger partial charge in [-0.25, -0.2) is 0 Å². The maximum absolute atomic E-state index is 12.3. The van der Waals surface area contributed by atoms with E-state index in [1.54, 1.807) is 37.6 Å².